The summed E-state index contributed by atoms with van der Waals surface area (Å²) in [6.07, 6.45) is 0. The summed E-state index contributed by atoms with van der Waals surface area (Å²) in [7, 11) is -19.7. The Morgan fingerprint density at radius 3 is 0.913 bits per heavy atom. The molecule has 0 saturated heterocycles. The van der Waals surface area contributed by atoms with Gasteiger partial charge in [0.25, 0.3) is 0 Å². The van der Waals surface area contributed by atoms with Gasteiger partial charge in [0.05, 0.1) is 0 Å². The number of hydrogen-bond donors (Lipinski definition) is 2. The molecule has 0 spiro atoms. The molecule has 4 atom stereocenters. The molecule has 0 aromatic carbocycles. The van der Waals surface area contributed by atoms with E-state index < -0.39 is 41.6 Å². The molecule has 0 bridgehead atoms. The predicted octanol–water partition coefficient (Wildman–Crippen LogP) is -5.25. The Balaban J connectivity index is -0.000000333. The average molecular weight is 502 g/mol. The zero-order valence-electron chi connectivity index (χ0n) is 11.1. The second kappa shape index (κ2) is 10.4. The van der Waals surface area contributed by atoms with Crippen LogP contribution in [0.25, 0.3) is 0 Å². The Kier molecular flexibility index (Phi) is 13.1. The summed E-state index contributed by atoms with van der Waals surface area (Å²) in [6, 6.07) is 0. The van der Waals surface area contributed by atoms with Gasteiger partial charge in [-0.05, 0) is 15.2 Å². The van der Waals surface area contributed by atoms with Gasteiger partial charge in [0, 0.05) is 35.3 Å². The van der Waals surface area contributed by atoms with Crippen LogP contribution in [0.3, 0.4) is 0 Å². The molecule has 23 heavy (non-hydrogen) atoms. The first-order valence-electron chi connectivity index (χ1n) is 4.56. The minimum Gasteiger partial charge on any atom is -0.809 e. The zero-order valence-corrected chi connectivity index (χ0v) is 16.7. The minimum atomic E-state index is -5.54. The van der Waals surface area contributed by atoms with Crippen molar-refractivity contribution in [2.45, 2.75) is 11.2 Å². The van der Waals surface area contributed by atoms with E-state index in [4.69, 9.17) is 10.2 Å². The van der Waals surface area contributed by atoms with Gasteiger partial charge in [-0.2, -0.15) is 0 Å². The molecule has 0 aromatic heterocycles. The first kappa shape index (κ1) is 29.0. The average Bonchev–Trinajstić information content (AvgIpc) is 2.35. The van der Waals surface area contributed by atoms with Crippen LogP contribution in [0.15, 0.2) is 0 Å². The molecule has 0 fully saturated rings. The smallest absolute Gasteiger partial charge is 0.168 e. The molecule has 0 amide bonds. The number of aliphatic hydroxyl groups excluding tert-OH is 2. The van der Waals surface area contributed by atoms with Gasteiger partial charge in [-0.3, -0.25) is 0 Å². The van der Waals surface area contributed by atoms with E-state index in [1.165, 1.54) is 0 Å². The van der Waals surface area contributed by atoms with Crippen LogP contribution >= 0.6 is 30.4 Å². The topological polar surface area (TPSA) is 266 Å². The van der Waals surface area contributed by atoms with Gasteiger partial charge in [-0.15, -0.1) is 0 Å². The van der Waals surface area contributed by atoms with Crippen molar-refractivity contribution in [3.05, 3.63) is 0 Å². The molecule has 2 N–H and O–H groups in total. The van der Waals surface area contributed by atoms with Crippen molar-refractivity contribution >= 4 is 30.4 Å². The van der Waals surface area contributed by atoms with Crippen LogP contribution in [0.1, 0.15) is 0 Å². The van der Waals surface area contributed by atoms with E-state index in [2.05, 4.69) is 9.05 Å². The van der Waals surface area contributed by atoms with Crippen molar-refractivity contribution in [2.75, 3.05) is 14.2 Å². The molecule has 0 heterocycles. The maximum atomic E-state index is 10.3. The fourth-order valence-corrected chi connectivity index (χ4v) is 4.25. The second-order valence-corrected chi connectivity index (χ2v) is 11.0. The molecule has 142 valence electrons. The van der Waals surface area contributed by atoms with E-state index in [9.17, 15) is 47.6 Å². The first-order valence-corrected chi connectivity index (χ1v) is 11.0. The predicted molar refractivity (Wildman–Crippen MR) is 56.5 cm³/mol. The molecule has 0 aliphatic rings. The Morgan fingerprint density at radius 2 is 0.870 bits per heavy atom. The van der Waals surface area contributed by atoms with E-state index in [0.29, 0.717) is 14.2 Å². The summed E-state index contributed by atoms with van der Waals surface area (Å²) >= 11 is 0. The van der Waals surface area contributed by atoms with Gasteiger partial charge in [0.1, 0.15) is 11.2 Å². The van der Waals surface area contributed by atoms with Crippen LogP contribution < -0.4 is 29.4 Å². The van der Waals surface area contributed by atoms with Crippen LogP contribution in [-0.2, 0) is 48.4 Å². The second-order valence-electron chi connectivity index (χ2n) is 3.22. The van der Waals surface area contributed by atoms with Crippen molar-refractivity contribution in [1.29, 1.82) is 0 Å². The number of hydrogen-bond acceptors (Lipinski definition) is 14. The molecule has 0 aromatic rings. The monoisotopic (exact) mass is 504 g/mol. The van der Waals surface area contributed by atoms with Crippen molar-refractivity contribution in [2.24, 2.45) is 0 Å². The summed E-state index contributed by atoms with van der Waals surface area (Å²) in [5.41, 5.74) is -6.00. The van der Waals surface area contributed by atoms with Crippen LogP contribution in [0.5, 0.6) is 0 Å². The molecule has 19 heteroatoms. The Bertz CT molecular complexity index is 487. The molecule has 0 aliphatic heterocycles. The summed E-state index contributed by atoms with van der Waals surface area (Å²) < 4.78 is 47.7. The fourth-order valence-electron chi connectivity index (χ4n) is 0.535. The third-order valence-corrected chi connectivity index (χ3v) is 8.32. The van der Waals surface area contributed by atoms with Crippen molar-refractivity contribution in [1.82, 2.24) is 0 Å². The molecule has 0 aliphatic carbocycles. The van der Waals surface area contributed by atoms with Crippen LogP contribution in [0.2, 0.25) is 0 Å². The fraction of sp³-hybridized carbons (Fsp3) is 1.00. The Labute approximate surface area is 144 Å². The van der Waals surface area contributed by atoms with E-state index in [0.717, 1.165) is 0 Å². The van der Waals surface area contributed by atoms with Gasteiger partial charge in [-0.1, -0.05) is 0 Å². The van der Waals surface area contributed by atoms with Crippen LogP contribution in [0.4, 0.5) is 0 Å². The molecule has 0 radical (unpaired) electrons. The van der Waals surface area contributed by atoms with Gasteiger partial charge >= 0.3 is 0 Å². The van der Waals surface area contributed by atoms with Gasteiger partial charge < -0.3 is 66.9 Å². The standard InChI is InChI=1S/2C2H8O7P2.Mo/c2*1-9-11(7,8)2(3)10(4,5)6;/h2*2-3H,1H3,(H,7,8)(H2,4,5,6);/p-6. The Morgan fingerprint density at radius 1 is 0.696 bits per heavy atom. The van der Waals surface area contributed by atoms with E-state index in [1.807, 2.05) is 0 Å². The maximum Gasteiger partial charge on any atom is 0.168 e. The van der Waals surface area contributed by atoms with Crippen molar-refractivity contribution in [3.8, 4) is 0 Å². The van der Waals surface area contributed by atoms with Gasteiger partial charge in [-0.25, -0.2) is 0 Å². The largest absolute Gasteiger partial charge is 0.809 e. The SMILES string of the molecule is COP(=O)([O-])C(O)P(=O)([O-])[O-].COP(=O)([O-])C(O)P(=O)([O-])[O-].[Mo]. The minimum absolute atomic E-state index is 0. The Hall–Kier alpha value is 1.21. The van der Waals surface area contributed by atoms with Crippen molar-refractivity contribution < 1.29 is 87.9 Å². The van der Waals surface area contributed by atoms with E-state index in [-0.39, 0.29) is 21.1 Å². The molecule has 0 rings (SSSR count). The summed E-state index contributed by atoms with van der Waals surface area (Å²) in [5.74, 6) is 0. The summed E-state index contributed by atoms with van der Waals surface area (Å²) in [5, 5.41) is 16.6. The quantitative estimate of drug-likeness (QED) is 0.254. The summed E-state index contributed by atoms with van der Waals surface area (Å²) in [6.45, 7) is 0. The number of aliphatic hydroxyl groups is 2. The van der Waals surface area contributed by atoms with Crippen molar-refractivity contribution in [3.63, 3.8) is 0 Å². The molecule has 4 unspecified atom stereocenters. The molecular weight excluding hydrogens is 492 g/mol. The van der Waals surface area contributed by atoms with Gasteiger partial charge in [0.2, 0.25) is 0 Å². The molecule has 0 saturated carbocycles. The third kappa shape index (κ3) is 10.7. The first-order chi connectivity index (χ1) is 9.43. The zero-order chi connectivity index (χ0) is 18.6. The van der Waals surface area contributed by atoms with Crippen LogP contribution in [0, 0.1) is 0 Å². The third-order valence-electron chi connectivity index (χ3n) is 1.64. The maximum absolute atomic E-state index is 10.3. The van der Waals surface area contributed by atoms with Crippen LogP contribution in [-0.4, -0.2) is 35.6 Å². The normalized spacial score (nSPS) is 19.9. The van der Waals surface area contributed by atoms with E-state index >= 15 is 0 Å². The molecular formula is C4H10MoO14P4-6. The molecule has 14 nitrogen and oxygen atoms in total. The van der Waals surface area contributed by atoms with E-state index in [1.54, 1.807) is 0 Å². The van der Waals surface area contributed by atoms with Gasteiger partial charge in [0.15, 0.2) is 15.2 Å². The number of rotatable bonds is 6. The summed E-state index contributed by atoms with van der Waals surface area (Å²) in [4.78, 5) is 60.3.